The SMILES string of the molecule is Cn1cnnc1Sc1ccc(C(=O)Nc2cccc(OCC(F)(F)F)c2)cc1[N+](=O)[O-]. The van der Waals surface area contributed by atoms with Gasteiger partial charge in [0.05, 0.1) is 9.82 Å². The van der Waals surface area contributed by atoms with Crippen LogP contribution in [0.2, 0.25) is 0 Å². The maximum absolute atomic E-state index is 12.5. The van der Waals surface area contributed by atoms with Gasteiger partial charge in [0.25, 0.3) is 11.6 Å². The molecule has 1 amide bonds. The quantitative estimate of drug-likeness (QED) is 0.424. The molecule has 31 heavy (non-hydrogen) atoms. The number of benzene rings is 2. The Morgan fingerprint density at radius 1 is 1.29 bits per heavy atom. The number of nitro groups is 1. The van der Waals surface area contributed by atoms with Gasteiger partial charge in [-0.1, -0.05) is 6.07 Å². The van der Waals surface area contributed by atoms with Crippen molar-refractivity contribution in [3.63, 3.8) is 0 Å². The lowest BCUT2D eigenvalue weighted by atomic mass is 10.2. The summed E-state index contributed by atoms with van der Waals surface area (Å²) in [6.45, 7) is -1.47. The van der Waals surface area contributed by atoms with Gasteiger partial charge in [0.1, 0.15) is 12.1 Å². The fraction of sp³-hybridized carbons (Fsp3) is 0.167. The fourth-order valence-corrected chi connectivity index (χ4v) is 3.23. The number of ether oxygens (including phenoxy) is 1. The highest BCUT2D eigenvalue weighted by molar-refractivity contribution is 7.99. The maximum atomic E-state index is 12.5. The van der Waals surface area contributed by atoms with E-state index in [2.05, 4.69) is 20.3 Å². The van der Waals surface area contributed by atoms with Crippen LogP contribution < -0.4 is 10.1 Å². The lowest BCUT2D eigenvalue weighted by molar-refractivity contribution is -0.387. The monoisotopic (exact) mass is 453 g/mol. The van der Waals surface area contributed by atoms with Crippen LogP contribution in [-0.4, -0.2) is 38.4 Å². The molecule has 1 aromatic heterocycles. The predicted molar refractivity (Wildman–Crippen MR) is 104 cm³/mol. The van der Waals surface area contributed by atoms with Gasteiger partial charge in [0, 0.05) is 30.4 Å². The van der Waals surface area contributed by atoms with Crippen LogP contribution in [0.4, 0.5) is 24.5 Å². The number of hydrogen-bond acceptors (Lipinski definition) is 7. The number of nitro benzene ring substituents is 1. The third-order valence-electron chi connectivity index (χ3n) is 3.78. The van der Waals surface area contributed by atoms with Gasteiger partial charge >= 0.3 is 6.18 Å². The molecule has 0 aliphatic rings. The van der Waals surface area contributed by atoms with Crippen molar-refractivity contribution in [2.75, 3.05) is 11.9 Å². The molecule has 0 aliphatic heterocycles. The Morgan fingerprint density at radius 3 is 2.71 bits per heavy atom. The number of halogens is 3. The zero-order valence-corrected chi connectivity index (χ0v) is 16.6. The second-order valence-corrected chi connectivity index (χ2v) is 7.16. The van der Waals surface area contributed by atoms with Crippen molar-refractivity contribution in [3.05, 3.63) is 64.5 Å². The minimum absolute atomic E-state index is 0.00405. The van der Waals surface area contributed by atoms with Crippen molar-refractivity contribution in [2.24, 2.45) is 7.05 Å². The van der Waals surface area contributed by atoms with Crippen LogP contribution in [0.3, 0.4) is 0 Å². The summed E-state index contributed by atoms with van der Waals surface area (Å²) in [6.07, 6.45) is -3.05. The molecule has 0 unspecified atom stereocenters. The molecule has 9 nitrogen and oxygen atoms in total. The fourth-order valence-electron chi connectivity index (χ4n) is 2.38. The number of carbonyl (C=O) groups is 1. The largest absolute Gasteiger partial charge is 0.484 e. The second kappa shape index (κ2) is 9.04. The number of alkyl halides is 3. The number of nitrogens with one attached hydrogen (secondary N) is 1. The standard InChI is InChI=1S/C18H14F3N5O4S/c1-25-10-22-24-17(25)31-15-6-5-11(7-14(15)26(28)29)16(27)23-12-3-2-4-13(8-12)30-9-18(19,20)21/h2-8,10H,9H2,1H3,(H,23,27). The number of aryl methyl sites for hydroxylation is 1. The topological polar surface area (TPSA) is 112 Å². The number of nitrogens with zero attached hydrogens (tertiary/aromatic N) is 4. The van der Waals surface area contributed by atoms with Crippen LogP contribution in [0, 0.1) is 10.1 Å². The van der Waals surface area contributed by atoms with Crippen LogP contribution in [0.15, 0.2) is 58.8 Å². The first-order chi connectivity index (χ1) is 14.6. The summed E-state index contributed by atoms with van der Waals surface area (Å²) in [5.74, 6) is -0.761. The summed E-state index contributed by atoms with van der Waals surface area (Å²) in [5, 5.41) is 21.9. The molecule has 0 fully saturated rings. The Labute approximate surface area is 177 Å². The van der Waals surface area contributed by atoms with Crippen LogP contribution >= 0.6 is 11.8 Å². The molecule has 1 N–H and O–H groups in total. The molecule has 0 atom stereocenters. The van der Waals surface area contributed by atoms with Gasteiger partial charge in [-0.05, 0) is 36.0 Å². The Bertz CT molecular complexity index is 1120. The number of amides is 1. The maximum Gasteiger partial charge on any atom is 0.422 e. The van der Waals surface area contributed by atoms with Crippen LogP contribution in [0.5, 0.6) is 5.75 Å². The Balaban J connectivity index is 1.77. The lowest BCUT2D eigenvalue weighted by Crippen LogP contribution is -2.19. The third kappa shape index (κ3) is 5.94. The molecule has 2 aromatic carbocycles. The molecular weight excluding hydrogens is 439 g/mol. The highest BCUT2D eigenvalue weighted by atomic mass is 32.2. The molecular formula is C18H14F3N5O4S. The van der Waals surface area contributed by atoms with Gasteiger partial charge in [-0.2, -0.15) is 13.2 Å². The van der Waals surface area contributed by atoms with Gasteiger partial charge in [0.2, 0.25) is 0 Å². The minimum atomic E-state index is -4.50. The summed E-state index contributed by atoms with van der Waals surface area (Å²) in [4.78, 5) is 23.6. The second-order valence-electron chi connectivity index (χ2n) is 6.15. The number of aromatic nitrogens is 3. The van der Waals surface area contributed by atoms with E-state index in [1.807, 2.05) is 0 Å². The molecule has 0 saturated carbocycles. The number of rotatable bonds is 7. The molecule has 3 aromatic rings. The molecule has 0 radical (unpaired) electrons. The smallest absolute Gasteiger partial charge is 0.422 e. The van der Waals surface area contributed by atoms with E-state index < -0.39 is 23.6 Å². The van der Waals surface area contributed by atoms with E-state index in [0.717, 1.165) is 17.8 Å². The van der Waals surface area contributed by atoms with Crippen molar-refractivity contribution < 1.29 is 27.6 Å². The minimum Gasteiger partial charge on any atom is -0.484 e. The predicted octanol–water partition coefficient (Wildman–Crippen LogP) is 4.07. The van der Waals surface area contributed by atoms with Gasteiger partial charge in [0.15, 0.2) is 11.8 Å². The molecule has 162 valence electrons. The van der Waals surface area contributed by atoms with Crippen LogP contribution in [0.1, 0.15) is 10.4 Å². The summed E-state index contributed by atoms with van der Waals surface area (Å²) in [7, 11) is 1.68. The van der Waals surface area contributed by atoms with Gasteiger partial charge in [-0.15, -0.1) is 10.2 Å². The number of carbonyl (C=O) groups excluding carboxylic acids is 1. The number of anilines is 1. The molecule has 0 spiro atoms. The van der Waals surface area contributed by atoms with E-state index in [0.29, 0.717) is 5.16 Å². The van der Waals surface area contributed by atoms with Gasteiger partial charge < -0.3 is 14.6 Å². The van der Waals surface area contributed by atoms with E-state index in [9.17, 15) is 28.1 Å². The van der Waals surface area contributed by atoms with Gasteiger partial charge in [-0.3, -0.25) is 14.9 Å². The lowest BCUT2D eigenvalue weighted by Gasteiger charge is -2.11. The van der Waals surface area contributed by atoms with Crippen molar-refractivity contribution in [3.8, 4) is 5.75 Å². The van der Waals surface area contributed by atoms with Crippen molar-refractivity contribution in [1.82, 2.24) is 14.8 Å². The first-order valence-electron chi connectivity index (χ1n) is 8.53. The van der Waals surface area contributed by atoms with Crippen LogP contribution in [0.25, 0.3) is 0 Å². The zero-order chi connectivity index (χ0) is 22.6. The first kappa shape index (κ1) is 22.1. The molecule has 0 bridgehead atoms. The van der Waals surface area contributed by atoms with Crippen molar-refractivity contribution in [2.45, 2.75) is 16.2 Å². The normalized spacial score (nSPS) is 11.2. The molecule has 0 aliphatic carbocycles. The number of hydrogen-bond donors (Lipinski definition) is 1. The van der Waals surface area contributed by atoms with E-state index in [1.54, 1.807) is 11.6 Å². The first-order valence-corrected chi connectivity index (χ1v) is 9.35. The van der Waals surface area contributed by atoms with Crippen molar-refractivity contribution >= 4 is 29.0 Å². The van der Waals surface area contributed by atoms with E-state index in [1.165, 1.54) is 42.7 Å². The van der Waals surface area contributed by atoms with Crippen LogP contribution in [-0.2, 0) is 7.05 Å². The van der Waals surface area contributed by atoms with E-state index in [4.69, 9.17) is 0 Å². The Kier molecular flexibility index (Phi) is 6.44. The Hall–Kier alpha value is -3.61. The molecule has 3 rings (SSSR count). The molecule has 1 heterocycles. The van der Waals surface area contributed by atoms with Crippen molar-refractivity contribution in [1.29, 1.82) is 0 Å². The molecule has 13 heteroatoms. The Morgan fingerprint density at radius 2 is 2.06 bits per heavy atom. The average molecular weight is 453 g/mol. The summed E-state index contributed by atoms with van der Waals surface area (Å²) in [5.41, 5.74) is -0.136. The highest BCUT2D eigenvalue weighted by Crippen LogP contribution is 2.34. The molecule has 0 saturated heterocycles. The summed E-state index contributed by atoms with van der Waals surface area (Å²) < 4.78 is 43.1. The van der Waals surface area contributed by atoms with E-state index in [-0.39, 0.29) is 27.6 Å². The summed E-state index contributed by atoms with van der Waals surface area (Å²) in [6, 6.07) is 9.30. The highest BCUT2D eigenvalue weighted by Gasteiger charge is 2.28. The third-order valence-corrected chi connectivity index (χ3v) is 4.90. The van der Waals surface area contributed by atoms with Gasteiger partial charge in [-0.25, -0.2) is 0 Å². The zero-order valence-electron chi connectivity index (χ0n) is 15.8. The van der Waals surface area contributed by atoms with E-state index >= 15 is 0 Å². The summed E-state index contributed by atoms with van der Waals surface area (Å²) >= 11 is 1.02. The average Bonchev–Trinajstić information content (AvgIpc) is 3.11.